The molecule has 3 heterocycles. The fraction of sp³-hybridized carbons (Fsp3) is 0.684. The highest BCUT2D eigenvalue weighted by atomic mass is 16.5. The van der Waals surface area contributed by atoms with E-state index in [1.165, 1.54) is 70.4 Å². The maximum absolute atomic E-state index is 5.90. The van der Waals surface area contributed by atoms with Crippen LogP contribution in [0.1, 0.15) is 31.2 Å². The molecule has 0 saturated carbocycles. The number of nitrogens with zero attached hydrogens (tertiary/aromatic N) is 2. The molecule has 2 fully saturated rings. The van der Waals surface area contributed by atoms with Crippen LogP contribution in [0, 0.1) is 5.92 Å². The first-order valence-electron chi connectivity index (χ1n) is 9.05. The van der Waals surface area contributed by atoms with Gasteiger partial charge in [-0.3, -0.25) is 9.80 Å². The number of ether oxygens (including phenoxy) is 1. The largest absolute Gasteiger partial charge is 0.493 e. The molecule has 2 saturated heterocycles. The summed E-state index contributed by atoms with van der Waals surface area (Å²) in [5.74, 6) is 1.87. The summed E-state index contributed by atoms with van der Waals surface area (Å²) < 4.78 is 5.90. The molecule has 3 aliphatic heterocycles. The Bertz CT molecular complexity index is 492. The third kappa shape index (κ3) is 3.16. The van der Waals surface area contributed by atoms with Crippen LogP contribution < -0.4 is 4.74 Å². The zero-order chi connectivity index (χ0) is 14.8. The average molecular weight is 300 g/mol. The Morgan fingerprint density at radius 1 is 1.05 bits per heavy atom. The fourth-order valence-corrected chi connectivity index (χ4v) is 4.29. The van der Waals surface area contributed by atoms with Crippen LogP contribution in [0.15, 0.2) is 24.3 Å². The van der Waals surface area contributed by atoms with Gasteiger partial charge in [0.1, 0.15) is 5.75 Å². The molecule has 120 valence electrons. The first kappa shape index (κ1) is 14.5. The van der Waals surface area contributed by atoms with Crippen molar-refractivity contribution in [2.75, 3.05) is 39.3 Å². The highest BCUT2D eigenvalue weighted by Gasteiger charge is 2.33. The van der Waals surface area contributed by atoms with Gasteiger partial charge in [0.2, 0.25) is 0 Å². The highest BCUT2D eigenvalue weighted by molar-refractivity contribution is 5.34. The standard InChI is InChI=1S/C19H28N2O/c1-4-9-21(10-5-1)18-14-20(15-18)13-16-8-11-22-19-7-3-2-6-17(19)12-16/h2-3,6-7,16,18H,1,4-5,8-15H2. The summed E-state index contributed by atoms with van der Waals surface area (Å²) in [5, 5.41) is 0. The van der Waals surface area contributed by atoms with Gasteiger partial charge < -0.3 is 4.74 Å². The number of hydrogen-bond donors (Lipinski definition) is 0. The van der Waals surface area contributed by atoms with Gasteiger partial charge in [0.25, 0.3) is 0 Å². The summed E-state index contributed by atoms with van der Waals surface area (Å²) in [5.41, 5.74) is 1.40. The summed E-state index contributed by atoms with van der Waals surface area (Å²) in [4.78, 5) is 5.39. The summed E-state index contributed by atoms with van der Waals surface area (Å²) >= 11 is 0. The van der Waals surface area contributed by atoms with Gasteiger partial charge in [-0.1, -0.05) is 24.6 Å². The van der Waals surface area contributed by atoms with Crippen molar-refractivity contribution in [2.24, 2.45) is 5.92 Å². The molecule has 0 amide bonds. The molecule has 0 aliphatic carbocycles. The minimum absolute atomic E-state index is 0.756. The van der Waals surface area contributed by atoms with Crippen LogP contribution >= 0.6 is 0 Å². The van der Waals surface area contributed by atoms with Gasteiger partial charge in [-0.15, -0.1) is 0 Å². The molecule has 0 N–H and O–H groups in total. The number of benzene rings is 1. The Kier molecular flexibility index (Phi) is 4.35. The number of hydrogen-bond acceptors (Lipinski definition) is 3. The smallest absolute Gasteiger partial charge is 0.122 e. The van der Waals surface area contributed by atoms with Gasteiger partial charge in [0.05, 0.1) is 6.61 Å². The topological polar surface area (TPSA) is 15.7 Å². The molecule has 0 bridgehead atoms. The summed E-state index contributed by atoms with van der Waals surface area (Å²) in [7, 11) is 0. The Balaban J connectivity index is 1.28. The van der Waals surface area contributed by atoms with Crippen molar-refractivity contribution in [3.63, 3.8) is 0 Å². The van der Waals surface area contributed by atoms with Gasteiger partial charge in [0, 0.05) is 25.7 Å². The van der Waals surface area contributed by atoms with Gasteiger partial charge in [-0.25, -0.2) is 0 Å². The van der Waals surface area contributed by atoms with Gasteiger partial charge in [0.15, 0.2) is 0 Å². The minimum atomic E-state index is 0.756. The Morgan fingerprint density at radius 3 is 2.73 bits per heavy atom. The zero-order valence-corrected chi connectivity index (χ0v) is 13.5. The van der Waals surface area contributed by atoms with E-state index >= 15 is 0 Å². The number of likely N-dealkylation sites (tertiary alicyclic amines) is 2. The van der Waals surface area contributed by atoms with Crippen LogP contribution in [0.2, 0.25) is 0 Å². The number of para-hydroxylation sites is 1. The van der Waals surface area contributed by atoms with Crippen LogP contribution in [-0.4, -0.2) is 55.2 Å². The van der Waals surface area contributed by atoms with E-state index in [9.17, 15) is 0 Å². The first-order chi connectivity index (χ1) is 10.9. The molecule has 3 heteroatoms. The van der Waals surface area contributed by atoms with Crippen LogP contribution in [0.5, 0.6) is 5.75 Å². The van der Waals surface area contributed by atoms with Crippen molar-refractivity contribution in [3.05, 3.63) is 29.8 Å². The molecule has 3 aliphatic rings. The van der Waals surface area contributed by atoms with E-state index in [1.54, 1.807) is 0 Å². The van der Waals surface area contributed by atoms with E-state index in [4.69, 9.17) is 4.74 Å². The zero-order valence-electron chi connectivity index (χ0n) is 13.5. The van der Waals surface area contributed by atoms with Crippen molar-refractivity contribution < 1.29 is 4.74 Å². The monoisotopic (exact) mass is 300 g/mol. The molecule has 1 aromatic carbocycles. The van der Waals surface area contributed by atoms with Crippen molar-refractivity contribution in [1.29, 1.82) is 0 Å². The highest BCUT2D eigenvalue weighted by Crippen LogP contribution is 2.28. The molecule has 0 aromatic heterocycles. The minimum Gasteiger partial charge on any atom is -0.493 e. The van der Waals surface area contributed by atoms with Crippen molar-refractivity contribution in [1.82, 2.24) is 9.80 Å². The van der Waals surface area contributed by atoms with Crippen molar-refractivity contribution >= 4 is 0 Å². The number of piperidine rings is 1. The summed E-state index contributed by atoms with van der Waals surface area (Å²) in [6.45, 7) is 7.39. The lowest BCUT2D eigenvalue weighted by molar-refractivity contribution is 0.0133. The van der Waals surface area contributed by atoms with Crippen LogP contribution in [-0.2, 0) is 6.42 Å². The maximum atomic E-state index is 5.90. The normalized spacial score (nSPS) is 27.5. The van der Waals surface area contributed by atoms with Gasteiger partial charge in [-0.2, -0.15) is 0 Å². The molecule has 0 radical (unpaired) electrons. The third-order valence-electron chi connectivity index (χ3n) is 5.63. The van der Waals surface area contributed by atoms with Gasteiger partial charge in [-0.05, 0) is 56.3 Å². The second-order valence-electron chi connectivity index (χ2n) is 7.28. The molecule has 4 rings (SSSR count). The molecule has 0 spiro atoms. The Labute approximate surface area is 134 Å². The van der Waals surface area contributed by atoms with Crippen LogP contribution in [0.25, 0.3) is 0 Å². The fourth-order valence-electron chi connectivity index (χ4n) is 4.29. The van der Waals surface area contributed by atoms with Crippen LogP contribution in [0.4, 0.5) is 0 Å². The molecular weight excluding hydrogens is 272 g/mol. The van der Waals surface area contributed by atoms with E-state index in [1.807, 2.05) is 0 Å². The van der Waals surface area contributed by atoms with E-state index in [-0.39, 0.29) is 0 Å². The predicted molar refractivity (Wildman–Crippen MR) is 89.4 cm³/mol. The third-order valence-corrected chi connectivity index (χ3v) is 5.63. The van der Waals surface area contributed by atoms with Crippen LogP contribution in [0.3, 0.4) is 0 Å². The van der Waals surface area contributed by atoms with E-state index in [0.717, 1.165) is 24.3 Å². The summed E-state index contributed by atoms with van der Waals surface area (Å²) in [6, 6.07) is 9.42. The lowest BCUT2D eigenvalue weighted by Crippen LogP contribution is -2.61. The SMILES string of the molecule is c1ccc2c(c1)CC(CN1CC(N3CCCCC3)C1)CCO2. The predicted octanol–water partition coefficient (Wildman–Crippen LogP) is 2.80. The average Bonchev–Trinajstić information content (AvgIpc) is 2.73. The second-order valence-corrected chi connectivity index (χ2v) is 7.28. The lowest BCUT2D eigenvalue weighted by Gasteiger charge is -2.47. The maximum Gasteiger partial charge on any atom is 0.122 e. The summed E-state index contributed by atoms with van der Waals surface area (Å²) in [6.07, 6.45) is 6.63. The quantitative estimate of drug-likeness (QED) is 0.854. The second kappa shape index (κ2) is 6.59. The van der Waals surface area contributed by atoms with E-state index in [0.29, 0.717) is 0 Å². The molecule has 1 atom stereocenters. The first-order valence-corrected chi connectivity index (χ1v) is 9.05. The Hall–Kier alpha value is -1.06. The lowest BCUT2D eigenvalue weighted by atomic mass is 9.94. The van der Waals surface area contributed by atoms with Gasteiger partial charge >= 0.3 is 0 Å². The van der Waals surface area contributed by atoms with E-state index in [2.05, 4.69) is 34.1 Å². The van der Waals surface area contributed by atoms with Crippen molar-refractivity contribution in [2.45, 2.75) is 38.1 Å². The van der Waals surface area contributed by atoms with E-state index < -0.39 is 0 Å². The number of rotatable bonds is 3. The molecule has 1 aromatic rings. The Morgan fingerprint density at radius 2 is 1.86 bits per heavy atom. The van der Waals surface area contributed by atoms with Crippen molar-refractivity contribution in [3.8, 4) is 5.75 Å². The molecular formula is C19H28N2O. The number of fused-ring (bicyclic) bond motifs is 1. The molecule has 1 unspecified atom stereocenters. The molecule has 3 nitrogen and oxygen atoms in total. The molecule has 22 heavy (non-hydrogen) atoms.